The van der Waals surface area contributed by atoms with Gasteiger partial charge in [0.15, 0.2) is 0 Å². The lowest BCUT2D eigenvalue weighted by Gasteiger charge is -2.06. The Hall–Kier alpha value is -3.45. The van der Waals surface area contributed by atoms with Crippen LogP contribution in [0.25, 0.3) is 21.9 Å². The van der Waals surface area contributed by atoms with Crippen molar-refractivity contribution < 1.29 is 9.84 Å². The summed E-state index contributed by atoms with van der Waals surface area (Å²) in [6.07, 6.45) is 2.94. The van der Waals surface area contributed by atoms with Crippen molar-refractivity contribution in [1.29, 1.82) is 0 Å². The van der Waals surface area contributed by atoms with Gasteiger partial charge in [-0.25, -0.2) is 4.98 Å². The Bertz CT molecular complexity index is 1190. The molecule has 4 aromatic rings. The fourth-order valence-corrected chi connectivity index (χ4v) is 2.91. The highest BCUT2D eigenvalue weighted by Gasteiger charge is 2.10. The fourth-order valence-electron chi connectivity index (χ4n) is 2.91. The maximum Gasteiger partial charge on any atom is 0.298 e. The molecule has 0 spiro atoms. The summed E-state index contributed by atoms with van der Waals surface area (Å²) >= 11 is 0. The molecule has 2 heterocycles. The zero-order valence-electron chi connectivity index (χ0n) is 14.0. The second-order valence-corrected chi connectivity index (χ2v) is 5.76. The standard InChI is InChI=1S/C19H16N4O3/c1-26-16-7-6-12(8-13(16)10-24)9-21-23-11-20-17-14-4-2-3-5-15(14)22-18(17)19(23)25/h2-9,11,22,24H,10H2,1H3/b21-9+. The van der Waals surface area contributed by atoms with Crippen molar-refractivity contribution in [3.63, 3.8) is 0 Å². The maximum atomic E-state index is 12.7. The van der Waals surface area contributed by atoms with Gasteiger partial charge in [-0.1, -0.05) is 18.2 Å². The third kappa shape index (κ3) is 2.64. The van der Waals surface area contributed by atoms with E-state index >= 15 is 0 Å². The van der Waals surface area contributed by atoms with Crippen LogP contribution in [0.1, 0.15) is 11.1 Å². The highest BCUT2D eigenvalue weighted by molar-refractivity contribution is 6.04. The molecule has 0 aliphatic carbocycles. The van der Waals surface area contributed by atoms with Gasteiger partial charge in [0.2, 0.25) is 0 Å². The summed E-state index contributed by atoms with van der Waals surface area (Å²) in [6, 6.07) is 12.9. The molecule has 0 fully saturated rings. The van der Waals surface area contributed by atoms with Crippen molar-refractivity contribution in [1.82, 2.24) is 14.6 Å². The van der Waals surface area contributed by atoms with E-state index in [0.717, 1.165) is 16.5 Å². The number of nitrogens with zero attached hydrogens (tertiary/aromatic N) is 3. The van der Waals surface area contributed by atoms with Crippen LogP contribution in [-0.4, -0.2) is 33.1 Å². The largest absolute Gasteiger partial charge is 0.496 e. The fraction of sp³-hybridized carbons (Fsp3) is 0.105. The predicted octanol–water partition coefficient (Wildman–Crippen LogP) is 2.26. The summed E-state index contributed by atoms with van der Waals surface area (Å²) in [7, 11) is 1.54. The first-order valence-corrected chi connectivity index (χ1v) is 8.01. The molecular weight excluding hydrogens is 332 g/mol. The van der Waals surface area contributed by atoms with Gasteiger partial charge in [-0.2, -0.15) is 9.78 Å². The molecular formula is C19H16N4O3. The summed E-state index contributed by atoms with van der Waals surface area (Å²) < 4.78 is 6.36. The lowest BCUT2D eigenvalue weighted by Crippen LogP contribution is -2.17. The number of ether oxygens (including phenoxy) is 1. The highest BCUT2D eigenvalue weighted by Crippen LogP contribution is 2.21. The summed E-state index contributed by atoms with van der Waals surface area (Å²) in [4.78, 5) is 20.1. The number of rotatable bonds is 4. The van der Waals surface area contributed by atoms with Crippen LogP contribution in [0.5, 0.6) is 5.75 Å². The Balaban J connectivity index is 1.75. The summed E-state index contributed by atoms with van der Waals surface area (Å²) in [5.41, 5.74) is 3.00. The molecule has 7 heteroatoms. The number of aliphatic hydroxyl groups excluding tert-OH is 1. The number of benzene rings is 2. The Morgan fingerprint density at radius 1 is 1.31 bits per heavy atom. The number of aliphatic hydroxyl groups is 1. The van der Waals surface area contributed by atoms with Gasteiger partial charge in [0, 0.05) is 16.5 Å². The molecule has 4 rings (SSSR count). The number of H-pyrrole nitrogens is 1. The lowest BCUT2D eigenvalue weighted by atomic mass is 10.1. The molecule has 0 atom stereocenters. The molecule has 7 nitrogen and oxygen atoms in total. The number of nitrogens with one attached hydrogen (secondary N) is 1. The Labute approximate surface area is 148 Å². The van der Waals surface area contributed by atoms with E-state index in [2.05, 4.69) is 15.1 Å². The van der Waals surface area contributed by atoms with Gasteiger partial charge in [-0.15, -0.1) is 0 Å². The molecule has 0 unspecified atom stereocenters. The third-order valence-electron chi connectivity index (χ3n) is 4.20. The average molecular weight is 348 g/mol. The number of aromatic amines is 1. The summed E-state index contributed by atoms with van der Waals surface area (Å²) in [6.45, 7) is -0.145. The van der Waals surface area contributed by atoms with Gasteiger partial charge < -0.3 is 14.8 Å². The number of aromatic nitrogens is 3. The van der Waals surface area contributed by atoms with Crippen LogP contribution in [0, 0.1) is 0 Å². The first-order chi connectivity index (χ1) is 12.7. The topological polar surface area (TPSA) is 92.5 Å². The molecule has 0 saturated heterocycles. The van der Waals surface area contributed by atoms with Crippen LogP contribution in [0.2, 0.25) is 0 Å². The van der Waals surface area contributed by atoms with Crippen molar-refractivity contribution in [2.45, 2.75) is 6.61 Å². The SMILES string of the molecule is COc1ccc(/C=N/n2cnc3c([nH]c4ccccc43)c2=O)cc1CO. The average Bonchev–Trinajstić information content (AvgIpc) is 3.07. The quantitative estimate of drug-likeness (QED) is 0.553. The van der Waals surface area contributed by atoms with Crippen molar-refractivity contribution in [3.8, 4) is 5.75 Å². The lowest BCUT2D eigenvalue weighted by molar-refractivity contribution is 0.274. The molecule has 2 aromatic heterocycles. The van der Waals surface area contributed by atoms with Crippen LogP contribution < -0.4 is 10.3 Å². The van der Waals surface area contributed by atoms with Crippen molar-refractivity contribution in [2.75, 3.05) is 7.11 Å². The van der Waals surface area contributed by atoms with Crippen molar-refractivity contribution >= 4 is 28.2 Å². The number of para-hydroxylation sites is 1. The molecule has 130 valence electrons. The van der Waals surface area contributed by atoms with Gasteiger partial charge >= 0.3 is 0 Å². The molecule has 2 aromatic carbocycles. The first kappa shape index (κ1) is 16.0. The molecule has 0 saturated carbocycles. The van der Waals surface area contributed by atoms with Crippen molar-refractivity contribution in [3.05, 3.63) is 70.3 Å². The number of hydrogen-bond donors (Lipinski definition) is 2. The van der Waals surface area contributed by atoms with Crippen LogP contribution in [0.15, 0.2) is 58.7 Å². The second-order valence-electron chi connectivity index (χ2n) is 5.76. The minimum absolute atomic E-state index is 0.145. The Morgan fingerprint density at radius 2 is 2.15 bits per heavy atom. The number of methoxy groups -OCH3 is 1. The van der Waals surface area contributed by atoms with Gasteiger partial charge in [0.05, 0.1) is 19.9 Å². The van der Waals surface area contributed by atoms with E-state index in [9.17, 15) is 9.90 Å². The Morgan fingerprint density at radius 3 is 2.96 bits per heavy atom. The number of fused-ring (bicyclic) bond motifs is 3. The summed E-state index contributed by atoms with van der Waals surface area (Å²) in [5, 5.41) is 14.5. The first-order valence-electron chi connectivity index (χ1n) is 8.01. The molecule has 0 aliphatic heterocycles. The number of hydrogen-bond acceptors (Lipinski definition) is 5. The zero-order valence-corrected chi connectivity index (χ0v) is 14.0. The molecule has 0 bridgehead atoms. The molecule has 0 radical (unpaired) electrons. The van der Waals surface area contributed by atoms with Crippen LogP contribution in [0.3, 0.4) is 0 Å². The third-order valence-corrected chi connectivity index (χ3v) is 4.20. The normalized spacial score (nSPS) is 11.6. The maximum absolute atomic E-state index is 12.7. The van der Waals surface area contributed by atoms with Gasteiger partial charge in [-0.3, -0.25) is 4.79 Å². The minimum atomic E-state index is -0.279. The minimum Gasteiger partial charge on any atom is -0.496 e. The molecule has 0 aliphatic rings. The highest BCUT2D eigenvalue weighted by atomic mass is 16.5. The van der Waals surface area contributed by atoms with Crippen LogP contribution in [-0.2, 0) is 6.61 Å². The van der Waals surface area contributed by atoms with E-state index in [1.165, 1.54) is 17.2 Å². The molecule has 0 amide bonds. The van der Waals surface area contributed by atoms with E-state index in [1.807, 2.05) is 24.3 Å². The van der Waals surface area contributed by atoms with Crippen LogP contribution in [0.4, 0.5) is 0 Å². The van der Waals surface area contributed by atoms with Gasteiger partial charge in [-0.05, 0) is 29.8 Å². The van der Waals surface area contributed by atoms with Gasteiger partial charge in [0.1, 0.15) is 23.1 Å². The Kier molecular flexibility index (Phi) is 3.98. The molecule has 2 N–H and O–H groups in total. The molecule has 26 heavy (non-hydrogen) atoms. The van der Waals surface area contributed by atoms with Gasteiger partial charge in [0.25, 0.3) is 5.56 Å². The second kappa shape index (κ2) is 6.45. The van der Waals surface area contributed by atoms with Crippen molar-refractivity contribution in [2.24, 2.45) is 5.10 Å². The zero-order chi connectivity index (χ0) is 18.1. The smallest absolute Gasteiger partial charge is 0.298 e. The van der Waals surface area contributed by atoms with E-state index in [-0.39, 0.29) is 12.2 Å². The summed E-state index contributed by atoms with van der Waals surface area (Å²) in [5.74, 6) is 0.600. The van der Waals surface area contributed by atoms with E-state index < -0.39 is 0 Å². The van der Waals surface area contributed by atoms with E-state index in [1.54, 1.807) is 25.3 Å². The van der Waals surface area contributed by atoms with E-state index in [4.69, 9.17) is 4.74 Å². The van der Waals surface area contributed by atoms with Crippen LogP contribution >= 0.6 is 0 Å². The monoisotopic (exact) mass is 348 g/mol. The predicted molar refractivity (Wildman–Crippen MR) is 99.8 cm³/mol. The van der Waals surface area contributed by atoms with E-state index in [0.29, 0.717) is 22.3 Å².